The number of nitriles is 1. The largest absolute Gasteiger partial charge is 0.364 e. The molecule has 5 heteroatoms. The van der Waals surface area contributed by atoms with Crippen molar-refractivity contribution in [1.82, 2.24) is 15.1 Å². The number of nitrogens with zero attached hydrogens (tertiary/aromatic N) is 4. The first kappa shape index (κ1) is 16.4. The Morgan fingerprint density at radius 3 is 2.75 bits per heavy atom. The molecule has 3 rings (SSSR count). The Morgan fingerprint density at radius 2 is 2.08 bits per heavy atom. The highest BCUT2D eigenvalue weighted by atomic mass is 15.2. The first-order chi connectivity index (χ1) is 11.7. The van der Waals surface area contributed by atoms with Crippen molar-refractivity contribution < 1.29 is 0 Å². The number of likely N-dealkylation sites (N-methyl/N-ethyl adjacent to an activating group) is 1. The summed E-state index contributed by atoms with van der Waals surface area (Å²) in [7, 11) is 2.16. The number of hydrogen-bond donors (Lipinski definition) is 1. The van der Waals surface area contributed by atoms with E-state index in [4.69, 9.17) is 5.26 Å². The highest BCUT2D eigenvalue weighted by Crippen LogP contribution is 2.22. The van der Waals surface area contributed by atoms with Crippen molar-refractivity contribution in [1.29, 1.82) is 5.26 Å². The van der Waals surface area contributed by atoms with E-state index in [0.29, 0.717) is 12.5 Å². The molecule has 0 amide bonds. The third-order valence-electron chi connectivity index (χ3n) is 4.48. The molecule has 0 unspecified atom stereocenters. The second-order valence-electron chi connectivity index (χ2n) is 6.54. The van der Waals surface area contributed by atoms with Crippen molar-refractivity contribution in [2.45, 2.75) is 32.2 Å². The fourth-order valence-corrected chi connectivity index (χ4v) is 3.13. The van der Waals surface area contributed by atoms with E-state index < -0.39 is 0 Å². The van der Waals surface area contributed by atoms with Crippen molar-refractivity contribution >= 4 is 5.82 Å². The Kier molecular flexibility index (Phi) is 5.07. The van der Waals surface area contributed by atoms with E-state index in [0.717, 1.165) is 34.7 Å². The molecule has 1 N–H and O–H groups in total. The lowest BCUT2D eigenvalue weighted by Crippen LogP contribution is -2.40. The van der Waals surface area contributed by atoms with Gasteiger partial charge in [0, 0.05) is 18.2 Å². The van der Waals surface area contributed by atoms with E-state index in [-0.39, 0.29) is 0 Å². The van der Waals surface area contributed by atoms with E-state index in [1.54, 1.807) is 0 Å². The van der Waals surface area contributed by atoms with Crippen LogP contribution in [0.4, 0.5) is 5.82 Å². The molecule has 5 nitrogen and oxygen atoms in total. The van der Waals surface area contributed by atoms with Gasteiger partial charge in [-0.15, -0.1) is 10.2 Å². The summed E-state index contributed by atoms with van der Waals surface area (Å²) in [6, 6.07) is 12.6. The predicted octanol–water partition coefficient (Wildman–Crippen LogP) is 3.02. The molecule has 1 fully saturated rings. The van der Waals surface area contributed by atoms with Gasteiger partial charge in [-0.1, -0.05) is 24.3 Å². The van der Waals surface area contributed by atoms with Crippen molar-refractivity contribution in [3.63, 3.8) is 0 Å². The van der Waals surface area contributed by atoms with Gasteiger partial charge in [0.2, 0.25) is 0 Å². The summed E-state index contributed by atoms with van der Waals surface area (Å²) in [5.74, 6) is 0.875. The molecule has 0 bridgehead atoms. The van der Waals surface area contributed by atoms with Crippen molar-refractivity contribution in [2.75, 3.05) is 25.5 Å². The summed E-state index contributed by atoms with van der Waals surface area (Å²) in [6.07, 6.45) is 2.82. The van der Waals surface area contributed by atoms with Crippen LogP contribution < -0.4 is 5.32 Å². The fourth-order valence-electron chi connectivity index (χ4n) is 3.13. The van der Waals surface area contributed by atoms with Gasteiger partial charge in [-0.2, -0.15) is 5.26 Å². The first-order valence-electron chi connectivity index (χ1n) is 8.41. The van der Waals surface area contributed by atoms with Crippen molar-refractivity contribution in [3.8, 4) is 17.3 Å². The van der Waals surface area contributed by atoms with Crippen LogP contribution in [0.25, 0.3) is 11.3 Å². The Morgan fingerprint density at radius 1 is 1.29 bits per heavy atom. The highest BCUT2D eigenvalue weighted by Gasteiger charge is 2.18. The molecule has 0 aliphatic carbocycles. The lowest BCUT2D eigenvalue weighted by Gasteiger charge is -2.30. The number of nitrogens with one attached hydrogen (secondary N) is 1. The molecule has 124 valence electrons. The summed E-state index contributed by atoms with van der Waals surface area (Å²) < 4.78 is 0. The van der Waals surface area contributed by atoms with Gasteiger partial charge in [-0.25, -0.2) is 0 Å². The number of piperidine rings is 1. The average Bonchev–Trinajstić information content (AvgIpc) is 2.58. The molecule has 0 saturated carbocycles. The fraction of sp³-hybridized carbons (Fsp3) is 0.421. The van der Waals surface area contributed by atoms with Gasteiger partial charge in [-0.05, 0) is 50.6 Å². The molecular formula is C19H23N5. The van der Waals surface area contributed by atoms with Crippen LogP contribution in [-0.4, -0.2) is 41.3 Å². The van der Waals surface area contributed by atoms with E-state index in [2.05, 4.69) is 46.5 Å². The molecule has 24 heavy (non-hydrogen) atoms. The quantitative estimate of drug-likeness (QED) is 0.937. The van der Waals surface area contributed by atoms with Crippen LogP contribution in [0, 0.1) is 18.3 Å². The summed E-state index contributed by atoms with van der Waals surface area (Å²) in [6.45, 7) is 4.28. The topological polar surface area (TPSA) is 64.8 Å². The normalized spacial score (nSPS) is 18.1. The minimum absolute atomic E-state index is 0.434. The van der Waals surface area contributed by atoms with Crippen LogP contribution in [0.1, 0.15) is 24.0 Å². The first-order valence-corrected chi connectivity index (χ1v) is 8.41. The van der Waals surface area contributed by atoms with Gasteiger partial charge in [0.05, 0.1) is 18.2 Å². The van der Waals surface area contributed by atoms with Gasteiger partial charge in [0.25, 0.3) is 0 Å². The van der Waals surface area contributed by atoms with Crippen LogP contribution >= 0.6 is 0 Å². The molecule has 1 aromatic carbocycles. The standard InChI is InChI=1S/C19H23N5/c1-14-12-18(16-7-5-15(6-8-16)9-10-20)22-23-19(14)21-17-4-3-11-24(2)13-17/h5-8,12,17H,3-4,9,11,13H2,1-2H3,(H,21,23)/t17-/m1/s1. The Hall–Kier alpha value is -2.45. The van der Waals surface area contributed by atoms with Gasteiger partial charge >= 0.3 is 0 Å². The smallest absolute Gasteiger partial charge is 0.151 e. The van der Waals surface area contributed by atoms with Crippen LogP contribution in [0.5, 0.6) is 0 Å². The van der Waals surface area contributed by atoms with Crippen LogP contribution in [-0.2, 0) is 6.42 Å². The highest BCUT2D eigenvalue weighted by molar-refractivity contribution is 5.62. The van der Waals surface area contributed by atoms with Gasteiger partial charge < -0.3 is 10.2 Å². The summed E-state index contributed by atoms with van der Waals surface area (Å²) >= 11 is 0. The Bertz CT molecular complexity index is 732. The molecule has 2 heterocycles. The zero-order valence-electron chi connectivity index (χ0n) is 14.3. The number of benzene rings is 1. The number of hydrogen-bond acceptors (Lipinski definition) is 5. The van der Waals surface area contributed by atoms with E-state index in [1.165, 1.54) is 19.4 Å². The second kappa shape index (κ2) is 7.41. The summed E-state index contributed by atoms with van der Waals surface area (Å²) in [5, 5.41) is 21.1. The summed E-state index contributed by atoms with van der Waals surface area (Å²) in [5.41, 5.74) is 4.01. The van der Waals surface area contributed by atoms with Crippen LogP contribution in [0.15, 0.2) is 30.3 Å². The minimum atomic E-state index is 0.434. The summed E-state index contributed by atoms with van der Waals surface area (Å²) in [4.78, 5) is 2.35. The number of rotatable bonds is 4. The molecular weight excluding hydrogens is 298 g/mol. The zero-order valence-corrected chi connectivity index (χ0v) is 14.3. The molecule has 0 spiro atoms. The number of likely N-dealkylation sites (tertiary alicyclic amines) is 1. The van der Waals surface area contributed by atoms with E-state index in [1.807, 2.05) is 24.3 Å². The van der Waals surface area contributed by atoms with Crippen molar-refractivity contribution in [3.05, 3.63) is 41.5 Å². The molecule has 1 atom stereocenters. The number of aryl methyl sites for hydroxylation is 1. The maximum atomic E-state index is 8.74. The van der Waals surface area contributed by atoms with Gasteiger partial charge in [0.1, 0.15) is 0 Å². The zero-order chi connectivity index (χ0) is 16.9. The Labute approximate surface area is 143 Å². The maximum absolute atomic E-state index is 8.74. The molecule has 1 aliphatic rings. The van der Waals surface area contributed by atoms with Gasteiger partial charge in [-0.3, -0.25) is 0 Å². The number of aromatic nitrogens is 2. The average molecular weight is 321 g/mol. The second-order valence-corrected chi connectivity index (χ2v) is 6.54. The van der Waals surface area contributed by atoms with Crippen molar-refractivity contribution in [2.24, 2.45) is 0 Å². The number of anilines is 1. The Balaban J connectivity index is 1.73. The third-order valence-corrected chi connectivity index (χ3v) is 4.48. The van der Waals surface area contributed by atoms with Crippen LogP contribution in [0.2, 0.25) is 0 Å². The molecule has 1 aromatic heterocycles. The molecule has 1 aliphatic heterocycles. The minimum Gasteiger partial charge on any atom is -0.364 e. The maximum Gasteiger partial charge on any atom is 0.151 e. The molecule has 2 aromatic rings. The van der Waals surface area contributed by atoms with Crippen LogP contribution in [0.3, 0.4) is 0 Å². The molecule has 1 saturated heterocycles. The predicted molar refractivity (Wildman–Crippen MR) is 95.7 cm³/mol. The van der Waals surface area contributed by atoms with Gasteiger partial charge in [0.15, 0.2) is 5.82 Å². The third kappa shape index (κ3) is 3.90. The SMILES string of the molecule is Cc1cc(-c2ccc(CC#N)cc2)nnc1N[C@@H]1CCCN(C)C1. The lowest BCUT2D eigenvalue weighted by atomic mass is 10.1. The van der Waals surface area contributed by atoms with E-state index >= 15 is 0 Å². The molecule has 0 radical (unpaired) electrons. The van der Waals surface area contributed by atoms with E-state index in [9.17, 15) is 0 Å². The lowest BCUT2D eigenvalue weighted by molar-refractivity contribution is 0.260. The monoisotopic (exact) mass is 321 g/mol.